The van der Waals surface area contributed by atoms with Crippen molar-refractivity contribution in [3.8, 4) is 0 Å². The fraction of sp³-hybridized carbons (Fsp3) is 0.400. The van der Waals surface area contributed by atoms with E-state index >= 15 is 0 Å². The zero-order chi connectivity index (χ0) is 13.8. The summed E-state index contributed by atoms with van der Waals surface area (Å²) >= 11 is 11.5. The molecule has 18 heavy (non-hydrogen) atoms. The van der Waals surface area contributed by atoms with E-state index in [9.17, 15) is 13.3 Å². The van der Waals surface area contributed by atoms with Gasteiger partial charge in [-0.25, -0.2) is 8.42 Å². The molecule has 0 aliphatic heterocycles. The monoisotopic (exact) mass is 310 g/mol. The second-order valence-electron chi connectivity index (χ2n) is 3.65. The van der Waals surface area contributed by atoms with E-state index in [1.54, 1.807) is 0 Å². The van der Waals surface area contributed by atoms with Crippen LogP contribution in [0.3, 0.4) is 0 Å². The number of nitrogens with zero attached hydrogens (tertiary/aromatic N) is 1. The number of anilines is 1. The predicted molar refractivity (Wildman–Crippen MR) is 74.2 cm³/mol. The number of unbranched alkanes of at least 4 members (excludes halogenated alkanes) is 1. The van der Waals surface area contributed by atoms with E-state index in [4.69, 9.17) is 23.2 Å². The summed E-state index contributed by atoms with van der Waals surface area (Å²) in [5.74, 6) is 0.0203. The summed E-state index contributed by atoms with van der Waals surface area (Å²) in [7, 11) is -3.43. The van der Waals surface area contributed by atoms with Gasteiger partial charge in [0.2, 0.25) is 10.0 Å². The van der Waals surface area contributed by atoms with Crippen LogP contribution in [-0.4, -0.2) is 14.2 Å². The van der Waals surface area contributed by atoms with Gasteiger partial charge in [0.15, 0.2) is 0 Å². The molecular weight excluding hydrogens is 299 g/mol. The quantitative estimate of drug-likeness (QED) is 0.809. The van der Waals surface area contributed by atoms with Crippen molar-refractivity contribution >= 4 is 44.6 Å². The Hall–Kier alpha value is -0.850. The summed E-state index contributed by atoms with van der Waals surface area (Å²) in [6.07, 6.45) is 1.33. The molecule has 5 nitrogen and oxygen atoms in total. The molecular formula is C10H12Cl2N2O3S. The van der Waals surface area contributed by atoms with Crippen molar-refractivity contribution in [3.05, 3.63) is 27.1 Å². The minimum absolute atomic E-state index is 0.00527. The third-order valence-corrected chi connectivity index (χ3v) is 4.10. The third-order valence-electron chi connectivity index (χ3n) is 2.15. The lowest BCUT2D eigenvalue weighted by Crippen LogP contribution is -2.16. The molecule has 1 aromatic carbocycles. The van der Waals surface area contributed by atoms with E-state index in [1.165, 1.54) is 12.1 Å². The van der Waals surface area contributed by atoms with Crippen LogP contribution < -0.4 is 4.72 Å². The Morgan fingerprint density at radius 3 is 2.28 bits per heavy atom. The average molecular weight is 311 g/mol. The molecule has 0 heterocycles. The molecule has 0 saturated carbocycles. The Morgan fingerprint density at radius 1 is 1.28 bits per heavy atom. The average Bonchev–Trinajstić information content (AvgIpc) is 2.25. The van der Waals surface area contributed by atoms with Gasteiger partial charge in [0.25, 0.3) is 0 Å². The van der Waals surface area contributed by atoms with Gasteiger partial charge in [-0.1, -0.05) is 36.5 Å². The summed E-state index contributed by atoms with van der Waals surface area (Å²) in [5.41, 5.74) is 0.114. The Labute approximate surface area is 116 Å². The fourth-order valence-electron chi connectivity index (χ4n) is 1.28. The molecule has 1 aromatic rings. The minimum atomic E-state index is -3.43. The maximum absolute atomic E-state index is 11.7. The van der Waals surface area contributed by atoms with Crippen molar-refractivity contribution in [3.63, 3.8) is 0 Å². The molecule has 100 valence electrons. The van der Waals surface area contributed by atoms with Crippen LogP contribution in [0, 0.1) is 4.91 Å². The third kappa shape index (κ3) is 4.12. The topological polar surface area (TPSA) is 75.6 Å². The lowest BCUT2D eigenvalue weighted by Gasteiger charge is -2.09. The summed E-state index contributed by atoms with van der Waals surface area (Å²) < 4.78 is 25.7. The first kappa shape index (κ1) is 15.2. The van der Waals surface area contributed by atoms with Gasteiger partial charge in [-0.2, -0.15) is 0 Å². The SMILES string of the molecule is CCCCS(=O)(=O)Nc1cc(Cl)c(N=O)c(Cl)c1. The number of nitroso groups, excluding NO2 is 1. The molecule has 0 radical (unpaired) electrons. The van der Waals surface area contributed by atoms with Crippen LogP contribution in [0.5, 0.6) is 0 Å². The molecule has 0 aliphatic carbocycles. The Morgan fingerprint density at radius 2 is 1.83 bits per heavy atom. The maximum atomic E-state index is 11.7. The van der Waals surface area contributed by atoms with E-state index < -0.39 is 10.0 Å². The van der Waals surface area contributed by atoms with Crippen molar-refractivity contribution < 1.29 is 8.42 Å². The highest BCUT2D eigenvalue weighted by Gasteiger charge is 2.13. The highest BCUT2D eigenvalue weighted by Crippen LogP contribution is 2.36. The first-order valence-corrected chi connectivity index (χ1v) is 7.63. The normalized spacial score (nSPS) is 11.3. The smallest absolute Gasteiger partial charge is 0.232 e. The zero-order valence-corrected chi connectivity index (χ0v) is 11.9. The van der Waals surface area contributed by atoms with Crippen LogP contribution in [0.4, 0.5) is 11.4 Å². The van der Waals surface area contributed by atoms with Crippen LogP contribution in [0.15, 0.2) is 17.3 Å². The molecule has 1 rings (SSSR count). The van der Waals surface area contributed by atoms with Crippen molar-refractivity contribution in [2.75, 3.05) is 10.5 Å². The molecule has 8 heteroatoms. The van der Waals surface area contributed by atoms with Crippen LogP contribution in [0.2, 0.25) is 10.0 Å². The number of sulfonamides is 1. The number of halogens is 2. The second kappa shape index (κ2) is 6.36. The van der Waals surface area contributed by atoms with Crippen LogP contribution in [-0.2, 0) is 10.0 Å². The second-order valence-corrected chi connectivity index (χ2v) is 6.31. The lowest BCUT2D eigenvalue weighted by molar-refractivity contribution is 0.598. The molecule has 0 aromatic heterocycles. The molecule has 0 saturated heterocycles. The van der Waals surface area contributed by atoms with Gasteiger partial charge in [-0.15, -0.1) is 4.91 Å². The molecule has 0 fully saturated rings. The maximum Gasteiger partial charge on any atom is 0.232 e. The highest BCUT2D eigenvalue weighted by molar-refractivity contribution is 7.92. The van der Waals surface area contributed by atoms with Crippen molar-refractivity contribution in [2.24, 2.45) is 5.18 Å². The van der Waals surface area contributed by atoms with E-state index in [0.717, 1.165) is 6.42 Å². The van der Waals surface area contributed by atoms with Gasteiger partial charge in [0, 0.05) is 0 Å². The van der Waals surface area contributed by atoms with Crippen molar-refractivity contribution in [2.45, 2.75) is 19.8 Å². The number of hydrogen-bond acceptors (Lipinski definition) is 4. The Balaban J connectivity index is 2.96. The highest BCUT2D eigenvalue weighted by atomic mass is 35.5. The van der Waals surface area contributed by atoms with E-state index in [1.807, 2.05) is 6.92 Å². The van der Waals surface area contributed by atoms with Gasteiger partial charge >= 0.3 is 0 Å². The Kier molecular flexibility index (Phi) is 5.37. The number of nitrogens with one attached hydrogen (secondary N) is 1. The Bertz CT molecular complexity index is 523. The zero-order valence-electron chi connectivity index (χ0n) is 9.61. The number of rotatable bonds is 6. The number of benzene rings is 1. The van der Waals surface area contributed by atoms with Gasteiger partial charge in [-0.3, -0.25) is 4.72 Å². The first-order valence-electron chi connectivity index (χ1n) is 5.22. The molecule has 0 aliphatic rings. The van der Waals surface area contributed by atoms with E-state index in [-0.39, 0.29) is 27.2 Å². The molecule has 0 bridgehead atoms. The molecule has 0 amide bonds. The van der Waals surface area contributed by atoms with Gasteiger partial charge in [0.1, 0.15) is 5.69 Å². The van der Waals surface area contributed by atoms with Crippen LogP contribution in [0.25, 0.3) is 0 Å². The molecule has 1 N–H and O–H groups in total. The number of hydrogen-bond donors (Lipinski definition) is 1. The summed E-state index contributed by atoms with van der Waals surface area (Å²) in [6, 6.07) is 2.60. The predicted octanol–water partition coefficient (Wildman–Crippen LogP) is 3.93. The molecule has 0 unspecified atom stereocenters. The first-order chi connectivity index (χ1) is 8.39. The lowest BCUT2D eigenvalue weighted by atomic mass is 10.3. The minimum Gasteiger partial charge on any atom is -0.283 e. The van der Waals surface area contributed by atoms with Crippen LogP contribution in [0.1, 0.15) is 19.8 Å². The van der Waals surface area contributed by atoms with Gasteiger partial charge in [-0.05, 0) is 23.7 Å². The van der Waals surface area contributed by atoms with Crippen molar-refractivity contribution in [1.29, 1.82) is 0 Å². The summed E-state index contributed by atoms with van der Waals surface area (Å²) in [4.78, 5) is 10.4. The standard InChI is InChI=1S/C10H12Cl2N2O3S/c1-2-3-4-18(16,17)14-7-5-8(11)10(13-15)9(12)6-7/h5-6,14H,2-4H2,1H3. The van der Waals surface area contributed by atoms with Crippen LogP contribution >= 0.6 is 23.2 Å². The molecule has 0 atom stereocenters. The van der Waals surface area contributed by atoms with Gasteiger partial charge in [0.05, 0.1) is 21.5 Å². The fourth-order valence-corrected chi connectivity index (χ4v) is 3.08. The van der Waals surface area contributed by atoms with E-state index in [2.05, 4.69) is 9.90 Å². The molecule has 0 spiro atoms. The van der Waals surface area contributed by atoms with E-state index in [0.29, 0.717) is 6.42 Å². The summed E-state index contributed by atoms with van der Waals surface area (Å²) in [5, 5.41) is 2.68. The summed E-state index contributed by atoms with van der Waals surface area (Å²) in [6.45, 7) is 1.90. The van der Waals surface area contributed by atoms with Gasteiger partial charge < -0.3 is 0 Å². The largest absolute Gasteiger partial charge is 0.283 e. The van der Waals surface area contributed by atoms with Crippen molar-refractivity contribution in [1.82, 2.24) is 0 Å².